The Hall–Kier alpha value is -0.650. The van der Waals surface area contributed by atoms with Crippen molar-refractivity contribution >= 4 is 5.91 Å². The summed E-state index contributed by atoms with van der Waals surface area (Å²) in [5, 5.41) is 28.7. The van der Waals surface area contributed by atoms with Crippen molar-refractivity contribution in [2.24, 2.45) is 0 Å². The number of hydrogen-bond donors (Lipinski definition) is 3. The van der Waals surface area contributed by atoms with E-state index in [2.05, 4.69) is 6.92 Å². The van der Waals surface area contributed by atoms with Crippen LogP contribution in [0.25, 0.3) is 0 Å². The fourth-order valence-electron chi connectivity index (χ4n) is 4.06. The lowest BCUT2D eigenvalue weighted by Crippen LogP contribution is -2.44. The van der Waals surface area contributed by atoms with Gasteiger partial charge in [-0.15, -0.1) is 0 Å². The summed E-state index contributed by atoms with van der Waals surface area (Å²) in [7, 11) is 0. The first-order valence-electron chi connectivity index (χ1n) is 13.3. The lowest BCUT2D eigenvalue weighted by molar-refractivity contribution is -0.142. The number of amides is 1. The molecule has 0 heterocycles. The van der Waals surface area contributed by atoms with E-state index in [1.807, 2.05) is 6.92 Å². The molecule has 0 spiro atoms. The van der Waals surface area contributed by atoms with Crippen LogP contribution >= 0.6 is 0 Å². The van der Waals surface area contributed by atoms with E-state index in [1.165, 1.54) is 94.8 Å². The predicted molar refractivity (Wildman–Crippen MR) is 130 cm³/mol. The molecule has 0 saturated carbocycles. The van der Waals surface area contributed by atoms with Crippen molar-refractivity contribution in [1.29, 1.82) is 0 Å². The van der Waals surface area contributed by atoms with Crippen LogP contribution in [0.2, 0.25) is 0 Å². The van der Waals surface area contributed by atoms with E-state index in [0.29, 0.717) is 13.0 Å². The summed E-state index contributed by atoms with van der Waals surface area (Å²) >= 11 is 0. The van der Waals surface area contributed by atoms with Crippen molar-refractivity contribution in [2.45, 2.75) is 142 Å². The normalized spacial score (nSPS) is 13.3. The van der Waals surface area contributed by atoms with Crippen molar-refractivity contribution in [2.75, 3.05) is 19.7 Å². The Morgan fingerprint density at radius 1 is 0.677 bits per heavy atom. The zero-order valence-corrected chi connectivity index (χ0v) is 20.7. The molecule has 3 N–H and O–H groups in total. The third-order valence-corrected chi connectivity index (χ3v) is 6.08. The van der Waals surface area contributed by atoms with Crippen molar-refractivity contribution in [1.82, 2.24) is 4.90 Å². The maximum absolute atomic E-state index is 12.4. The highest BCUT2D eigenvalue weighted by atomic mass is 16.3. The molecule has 0 saturated heterocycles. The molecule has 5 nitrogen and oxygen atoms in total. The van der Waals surface area contributed by atoms with Crippen molar-refractivity contribution in [3.63, 3.8) is 0 Å². The molecule has 0 rings (SSSR count). The van der Waals surface area contributed by atoms with Crippen LogP contribution in [0.3, 0.4) is 0 Å². The molecule has 5 heteroatoms. The van der Waals surface area contributed by atoms with Gasteiger partial charge in [-0.3, -0.25) is 4.79 Å². The van der Waals surface area contributed by atoms with Gasteiger partial charge in [-0.1, -0.05) is 117 Å². The van der Waals surface area contributed by atoms with Crippen LogP contribution in [0, 0.1) is 0 Å². The van der Waals surface area contributed by atoms with Gasteiger partial charge in [-0.2, -0.15) is 0 Å². The summed E-state index contributed by atoms with van der Waals surface area (Å²) in [6.45, 7) is 4.46. The number of aliphatic hydroxyl groups is 3. The van der Waals surface area contributed by atoms with E-state index in [1.54, 1.807) is 0 Å². The van der Waals surface area contributed by atoms with Gasteiger partial charge in [0.15, 0.2) is 0 Å². The standard InChI is InChI=1S/C26H53NO4/c1-3-5-6-7-8-9-10-11-12-13-14-15-16-17-18-19-21-27(22-24(29)23-28)26(31)25(30)20-4-2/h24-25,28-30H,3-23H2,1-2H3. The molecule has 2 unspecified atom stereocenters. The summed E-state index contributed by atoms with van der Waals surface area (Å²) < 4.78 is 0. The Balaban J connectivity index is 3.67. The summed E-state index contributed by atoms with van der Waals surface area (Å²) in [5.41, 5.74) is 0. The molecule has 2 atom stereocenters. The maximum atomic E-state index is 12.4. The molecule has 0 aliphatic rings. The lowest BCUT2D eigenvalue weighted by atomic mass is 10.0. The molecule has 0 aromatic rings. The smallest absolute Gasteiger partial charge is 0.251 e. The van der Waals surface area contributed by atoms with Gasteiger partial charge in [-0.05, 0) is 12.8 Å². The fourth-order valence-corrected chi connectivity index (χ4v) is 4.06. The van der Waals surface area contributed by atoms with E-state index >= 15 is 0 Å². The van der Waals surface area contributed by atoms with Gasteiger partial charge in [0.05, 0.1) is 12.7 Å². The van der Waals surface area contributed by atoms with Crippen LogP contribution in [0.1, 0.15) is 129 Å². The van der Waals surface area contributed by atoms with Crippen LogP contribution in [-0.4, -0.2) is 58.0 Å². The number of unbranched alkanes of at least 4 members (excludes halogenated alkanes) is 15. The van der Waals surface area contributed by atoms with Crippen LogP contribution in [0.15, 0.2) is 0 Å². The number of aliphatic hydroxyl groups excluding tert-OH is 3. The average Bonchev–Trinajstić information content (AvgIpc) is 2.77. The highest BCUT2D eigenvalue weighted by Crippen LogP contribution is 2.14. The van der Waals surface area contributed by atoms with Gasteiger partial charge in [0.2, 0.25) is 0 Å². The molecule has 186 valence electrons. The van der Waals surface area contributed by atoms with Gasteiger partial charge < -0.3 is 20.2 Å². The number of rotatable bonds is 23. The summed E-state index contributed by atoms with van der Waals surface area (Å²) in [6.07, 6.45) is 20.1. The summed E-state index contributed by atoms with van der Waals surface area (Å²) in [6, 6.07) is 0. The molecule has 0 fully saturated rings. The van der Waals surface area contributed by atoms with Crippen LogP contribution in [-0.2, 0) is 4.79 Å². The largest absolute Gasteiger partial charge is 0.394 e. The van der Waals surface area contributed by atoms with Crippen LogP contribution in [0.4, 0.5) is 0 Å². The predicted octanol–water partition coefficient (Wildman–Crippen LogP) is 5.59. The number of hydrogen-bond acceptors (Lipinski definition) is 4. The molecular weight excluding hydrogens is 390 g/mol. The second-order valence-corrected chi connectivity index (χ2v) is 9.23. The van der Waals surface area contributed by atoms with Crippen molar-refractivity contribution < 1.29 is 20.1 Å². The van der Waals surface area contributed by atoms with Gasteiger partial charge in [-0.25, -0.2) is 0 Å². The Labute approximate surface area is 192 Å². The summed E-state index contributed by atoms with van der Waals surface area (Å²) in [4.78, 5) is 13.9. The minimum absolute atomic E-state index is 0.0921. The second kappa shape index (κ2) is 22.5. The van der Waals surface area contributed by atoms with Crippen LogP contribution in [0.5, 0.6) is 0 Å². The van der Waals surface area contributed by atoms with E-state index in [9.17, 15) is 15.0 Å². The minimum Gasteiger partial charge on any atom is -0.394 e. The third-order valence-electron chi connectivity index (χ3n) is 6.08. The van der Waals surface area contributed by atoms with Gasteiger partial charge in [0, 0.05) is 13.1 Å². The lowest BCUT2D eigenvalue weighted by Gasteiger charge is -2.27. The SMILES string of the molecule is CCCCCCCCCCCCCCCCCCN(CC(O)CO)C(=O)C(O)CCC. The van der Waals surface area contributed by atoms with E-state index in [0.717, 1.165) is 19.3 Å². The molecule has 0 aromatic carbocycles. The Kier molecular flexibility index (Phi) is 22.1. The molecule has 0 aliphatic heterocycles. The molecule has 0 aliphatic carbocycles. The molecular formula is C26H53NO4. The first kappa shape index (κ1) is 30.4. The zero-order valence-electron chi connectivity index (χ0n) is 20.7. The Bertz CT molecular complexity index is 392. The van der Waals surface area contributed by atoms with Crippen molar-refractivity contribution in [3.05, 3.63) is 0 Å². The third kappa shape index (κ3) is 18.6. The highest BCUT2D eigenvalue weighted by molar-refractivity contribution is 5.80. The number of carbonyl (C=O) groups excluding carboxylic acids is 1. The molecule has 0 bridgehead atoms. The number of carbonyl (C=O) groups is 1. The van der Waals surface area contributed by atoms with Gasteiger partial charge >= 0.3 is 0 Å². The first-order chi connectivity index (χ1) is 15.1. The minimum atomic E-state index is -1.00. The highest BCUT2D eigenvalue weighted by Gasteiger charge is 2.23. The molecule has 1 amide bonds. The maximum Gasteiger partial charge on any atom is 0.251 e. The zero-order chi connectivity index (χ0) is 23.2. The van der Waals surface area contributed by atoms with E-state index in [4.69, 9.17) is 5.11 Å². The van der Waals surface area contributed by atoms with Gasteiger partial charge in [0.25, 0.3) is 5.91 Å². The molecule has 0 radical (unpaired) electrons. The van der Waals surface area contributed by atoms with Gasteiger partial charge in [0.1, 0.15) is 6.10 Å². The van der Waals surface area contributed by atoms with Crippen molar-refractivity contribution in [3.8, 4) is 0 Å². The van der Waals surface area contributed by atoms with E-state index in [-0.39, 0.29) is 19.1 Å². The quantitative estimate of drug-likeness (QED) is 0.180. The Morgan fingerprint density at radius 3 is 1.48 bits per heavy atom. The van der Waals surface area contributed by atoms with Crippen LogP contribution < -0.4 is 0 Å². The molecule has 0 aromatic heterocycles. The van der Waals surface area contributed by atoms with E-state index < -0.39 is 12.2 Å². The summed E-state index contributed by atoms with van der Waals surface area (Å²) in [5.74, 6) is -0.324. The topological polar surface area (TPSA) is 81.0 Å². The number of nitrogens with zero attached hydrogens (tertiary/aromatic N) is 1. The average molecular weight is 444 g/mol. The second-order valence-electron chi connectivity index (χ2n) is 9.23. The fraction of sp³-hybridized carbons (Fsp3) is 0.962. The monoisotopic (exact) mass is 443 g/mol. The Morgan fingerprint density at radius 2 is 1.10 bits per heavy atom. The molecule has 31 heavy (non-hydrogen) atoms. The first-order valence-corrected chi connectivity index (χ1v) is 13.3.